The number of ketones is 1. The maximum Gasteiger partial charge on any atom is 0.164 e. The number of hydrogen-bond donors (Lipinski definition) is 0. The third-order valence-electron chi connectivity index (χ3n) is 2.89. The van der Waals surface area contributed by atoms with Crippen LogP contribution in [0.2, 0.25) is 0 Å². The number of carbonyl (C=O) groups is 1. The lowest BCUT2D eigenvalue weighted by Crippen LogP contribution is -2.35. The van der Waals surface area contributed by atoms with Crippen molar-refractivity contribution in [1.82, 2.24) is 0 Å². The highest BCUT2D eigenvalue weighted by atomic mass is 16.7. The zero-order valence-electron chi connectivity index (χ0n) is 9.39. The van der Waals surface area contributed by atoms with Crippen molar-refractivity contribution in [1.29, 1.82) is 0 Å². The summed E-state index contributed by atoms with van der Waals surface area (Å²) in [5.74, 6) is 0.218. The molecule has 0 amide bonds. The average Bonchev–Trinajstić information content (AvgIpc) is 2.33. The Morgan fingerprint density at radius 3 is 2.75 bits per heavy atom. The summed E-state index contributed by atoms with van der Waals surface area (Å²) in [6.07, 6.45) is 0.781. The zero-order chi connectivity index (χ0) is 11.4. The van der Waals surface area contributed by atoms with Crippen LogP contribution in [-0.4, -0.2) is 25.8 Å². The van der Waals surface area contributed by atoms with Gasteiger partial charge < -0.3 is 9.47 Å². The number of hydrogen-bond acceptors (Lipinski definition) is 3. The van der Waals surface area contributed by atoms with Crippen LogP contribution >= 0.6 is 0 Å². The van der Waals surface area contributed by atoms with Crippen molar-refractivity contribution in [3.63, 3.8) is 0 Å². The largest absolute Gasteiger partial charge is 0.355 e. The van der Waals surface area contributed by atoms with E-state index in [0.29, 0.717) is 13.0 Å². The normalized spacial score (nSPS) is 25.7. The smallest absolute Gasteiger partial charge is 0.164 e. The van der Waals surface area contributed by atoms with Gasteiger partial charge in [-0.15, -0.1) is 0 Å². The van der Waals surface area contributed by atoms with Crippen molar-refractivity contribution >= 4 is 5.78 Å². The van der Waals surface area contributed by atoms with Crippen molar-refractivity contribution in [2.45, 2.75) is 19.1 Å². The minimum Gasteiger partial charge on any atom is -0.355 e. The Kier molecular flexibility index (Phi) is 3.70. The third kappa shape index (κ3) is 2.68. The molecule has 2 rings (SSSR count). The Balaban J connectivity index is 1.94. The van der Waals surface area contributed by atoms with Gasteiger partial charge in [-0.3, -0.25) is 4.79 Å². The van der Waals surface area contributed by atoms with E-state index < -0.39 is 0 Å². The number of benzene rings is 1. The van der Waals surface area contributed by atoms with Crippen LogP contribution in [-0.2, 0) is 20.7 Å². The van der Waals surface area contributed by atoms with Gasteiger partial charge in [-0.2, -0.15) is 0 Å². The quantitative estimate of drug-likeness (QED) is 0.779. The van der Waals surface area contributed by atoms with Crippen LogP contribution in [0.1, 0.15) is 12.0 Å². The lowest BCUT2D eigenvalue weighted by Gasteiger charge is -2.26. The maximum absolute atomic E-state index is 11.8. The van der Waals surface area contributed by atoms with Gasteiger partial charge in [-0.05, 0) is 12.0 Å². The molecule has 0 spiro atoms. The van der Waals surface area contributed by atoms with E-state index in [0.717, 1.165) is 6.42 Å². The zero-order valence-corrected chi connectivity index (χ0v) is 9.39. The first-order chi connectivity index (χ1) is 7.79. The summed E-state index contributed by atoms with van der Waals surface area (Å²) < 4.78 is 10.5. The SMILES string of the molecule is CO[C@@H]1CC(=O)[C@@H](Cc2ccccc2)CO1. The summed E-state index contributed by atoms with van der Waals surface area (Å²) in [5, 5.41) is 0. The van der Waals surface area contributed by atoms with Gasteiger partial charge in [0.15, 0.2) is 6.29 Å². The van der Waals surface area contributed by atoms with E-state index in [-0.39, 0.29) is 18.0 Å². The monoisotopic (exact) mass is 220 g/mol. The predicted molar refractivity (Wildman–Crippen MR) is 60.0 cm³/mol. The minimum absolute atomic E-state index is 0.0196. The van der Waals surface area contributed by atoms with Crippen LogP contribution in [0.3, 0.4) is 0 Å². The number of methoxy groups -OCH3 is 1. The fourth-order valence-corrected chi connectivity index (χ4v) is 1.93. The summed E-state index contributed by atoms with van der Waals surface area (Å²) >= 11 is 0. The molecule has 1 aromatic rings. The molecule has 1 heterocycles. The van der Waals surface area contributed by atoms with Gasteiger partial charge in [0.05, 0.1) is 13.0 Å². The topological polar surface area (TPSA) is 35.5 Å². The maximum atomic E-state index is 11.8. The molecule has 0 radical (unpaired) electrons. The van der Waals surface area contributed by atoms with Gasteiger partial charge in [0.1, 0.15) is 5.78 Å². The number of ether oxygens (including phenoxy) is 2. The Morgan fingerprint density at radius 1 is 1.38 bits per heavy atom. The molecule has 3 nitrogen and oxygen atoms in total. The first kappa shape index (κ1) is 11.3. The molecule has 1 fully saturated rings. The van der Waals surface area contributed by atoms with Gasteiger partial charge in [0, 0.05) is 13.0 Å². The van der Waals surface area contributed by atoms with Crippen molar-refractivity contribution in [2.24, 2.45) is 5.92 Å². The standard InChI is InChI=1S/C13H16O3/c1-15-13-8-12(14)11(9-16-13)7-10-5-3-2-4-6-10/h2-6,11,13H,7-9H2,1H3/t11-,13-/m0/s1. The minimum atomic E-state index is -0.348. The molecule has 0 saturated carbocycles. The summed E-state index contributed by atoms with van der Waals surface area (Å²) in [4.78, 5) is 11.8. The van der Waals surface area contributed by atoms with Gasteiger partial charge in [0.25, 0.3) is 0 Å². The van der Waals surface area contributed by atoms with Crippen molar-refractivity contribution < 1.29 is 14.3 Å². The van der Waals surface area contributed by atoms with Crippen LogP contribution in [0.5, 0.6) is 0 Å². The molecule has 16 heavy (non-hydrogen) atoms. The lowest BCUT2D eigenvalue weighted by molar-refractivity contribution is -0.171. The second-order valence-corrected chi connectivity index (χ2v) is 4.06. The Hall–Kier alpha value is -1.19. The molecule has 0 N–H and O–H groups in total. The second-order valence-electron chi connectivity index (χ2n) is 4.06. The highest BCUT2D eigenvalue weighted by molar-refractivity contribution is 5.82. The van der Waals surface area contributed by atoms with Gasteiger partial charge in [-0.25, -0.2) is 0 Å². The molecule has 86 valence electrons. The van der Waals surface area contributed by atoms with Crippen molar-refractivity contribution in [2.75, 3.05) is 13.7 Å². The van der Waals surface area contributed by atoms with Crippen LogP contribution in [0.15, 0.2) is 30.3 Å². The Morgan fingerprint density at radius 2 is 2.12 bits per heavy atom. The Labute approximate surface area is 95.4 Å². The van der Waals surface area contributed by atoms with Crippen molar-refractivity contribution in [3.05, 3.63) is 35.9 Å². The molecule has 0 aliphatic carbocycles. The van der Waals surface area contributed by atoms with E-state index in [4.69, 9.17) is 9.47 Å². The average molecular weight is 220 g/mol. The third-order valence-corrected chi connectivity index (χ3v) is 2.89. The van der Waals surface area contributed by atoms with Crippen LogP contribution < -0.4 is 0 Å². The summed E-state index contributed by atoms with van der Waals surface area (Å²) in [6.45, 7) is 0.465. The predicted octanol–water partition coefficient (Wildman–Crippen LogP) is 1.81. The second kappa shape index (κ2) is 5.23. The van der Waals surface area contributed by atoms with Crippen LogP contribution in [0, 0.1) is 5.92 Å². The van der Waals surface area contributed by atoms with Crippen LogP contribution in [0.4, 0.5) is 0 Å². The molecule has 0 unspecified atom stereocenters. The number of carbonyl (C=O) groups excluding carboxylic acids is 1. The first-order valence-corrected chi connectivity index (χ1v) is 5.50. The van der Waals surface area contributed by atoms with Gasteiger partial charge in [0.2, 0.25) is 0 Å². The molecule has 1 aromatic carbocycles. The summed E-state index contributed by atoms with van der Waals surface area (Å²) in [7, 11) is 1.56. The molecule has 0 bridgehead atoms. The molecule has 3 heteroatoms. The van der Waals surface area contributed by atoms with Crippen molar-refractivity contribution in [3.8, 4) is 0 Å². The van der Waals surface area contributed by atoms with E-state index in [1.807, 2.05) is 30.3 Å². The molecule has 0 aromatic heterocycles. The number of Topliss-reactive ketones (excluding diaryl/α,β-unsaturated/α-hetero) is 1. The van der Waals surface area contributed by atoms with Gasteiger partial charge in [-0.1, -0.05) is 30.3 Å². The molecule has 2 atom stereocenters. The highest BCUT2D eigenvalue weighted by Crippen LogP contribution is 2.19. The summed E-state index contributed by atoms with van der Waals surface area (Å²) in [5.41, 5.74) is 1.18. The van der Waals surface area contributed by atoms with E-state index in [1.54, 1.807) is 7.11 Å². The molecule has 1 aliphatic rings. The summed E-state index contributed by atoms with van der Waals surface area (Å²) in [6, 6.07) is 10.0. The van der Waals surface area contributed by atoms with E-state index in [2.05, 4.69) is 0 Å². The van der Waals surface area contributed by atoms with Crippen LogP contribution in [0.25, 0.3) is 0 Å². The Bertz CT molecular complexity index is 347. The van der Waals surface area contributed by atoms with E-state index >= 15 is 0 Å². The molecular weight excluding hydrogens is 204 g/mol. The van der Waals surface area contributed by atoms with E-state index in [1.165, 1.54) is 5.56 Å². The molecule has 1 aliphatic heterocycles. The first-order valence-electron chi connectivity index (χ1n) is 5.50. The van der Waals surface area contributed by atoms with Gasteiger partial charge >= 0.3 is 0 Å². The fraction of sp³-hybridized carbons (Fsp3) is 0.462. The highest BCUT2D eigenvalue weighted by Gasteiger charge is 2.29. The number of rotatable bonds is 3. The molecule has 1 saturated heterocycles. The molecular formula is C13H16O3. The van der Waals surface area contributed by atoms with E-state index in [9.17, 15) is 4.79 Å². The lowest BCUT2D eigenvalue weighted by atomic mass is 9.92. The fourth-order valence-electron chi connectivity index (χ4n) is 1.93.